The highest BCUT2D eigenvalue weighted by atomic mass is 32.2. The van der Waals surface area contributed by atoms with Gasteiger partial charge in [-0.2, -0.15) is 0 Å². The molecule has 4 aromatic rings. The van der Waals surface area contributed by atoms with Crippen molar-refractivity contribution < 1.29 is 9.53 Å². The molecule has 0 amide bonds. The molecule has 0 unspecified atom stereocenters. The van der Waals surface area contributed by atoms with Crippen LogP contribution in [0.1, 0.15) is 15.9 Å². The fourth-order valence-electron chi connectivity index (χ4n) is 3.49. The number of ketones is 1. The van der Waals surface area contributed by atoms with Crippen molar-refractivity contribution >= 4 is 39.1 Å². The van der Waals surface area contributed by atoms with Crippen molar-refractivity contribution in [3.05, 3.63) is 76.1 Å². The lowest BCUT2D eigenvalue weighted by Crippen LogP contribution is -2.19. The van der Waals surface area contributed by atoms with Gasteiger partial charge < -0.3 is 4.74 Å². The van der Waals surface area contributed by atoms with Crippen LogP contribution >= 0.6 is 23.1 Å². The Morgan fingerprint density at radius 2 is 2.03 bits per heavy atom. The van der Waals surface area contributed by atoms with Gasteiger partial charge in [-0.05, 0) is 35.4 Å². The van der Waals surface area contributed by atoms with Crippen LogP contribution in [0.3, 0.4) is 0 Å². The Bertz CT molecular complexity index is 1330. The summed E-state index contributed by atoms with van der Waals surface area (Å²) in [4.78, 5) is 31.9. The van der Waals surface area contributed by atoms with Gasteiger partial charge in [-0.25, -0.2) is 4.98 Å². The average Bonchev–Trinajstić information content (AvgIpc) is 3.42. The number of carbonyl (C=O) groups is 1. The predicted molar refractivity (Wildman–Crippen MR) is 121 cm³/mol. The number of fused-ring (bicyclic) bond motifs is 2. The molecule has 2 aromatic heterocycles. The highest BCUT2D eigenvalue weighted by molar-refractivity contribution is 7.99. The standard InChI is InChI=1S/C23H18N2O3S2/c1-25-22(27)17-12-20(14-5-3-2-4-6-14)30-21(17)24-23(25)29-13-18(26)15-7-8-19-16(11-15)9-10-28-19/h2-8,11-12H,9-10,13H2,1H3. The molecule has 0 atom stereocenters. The van der Waals surface area contributed by atoms with Crippen LogP contribution in [0.2, 0.25) is 0 Å². The number of hydrogen-bond acceptors (Lipinski definition) is 6. The molecule has 7 heteroatoms. The molecule has 5 nitrogen and oxygen atoms in total. The van der Waals surface area contributed by atoms with Crippen LogP contribution < -0.4 is 10.3 Å². The second-order valence-corrected chi connectivity index (χ2v) is 9.06. The maximum atomic E-state index is 12.9. The molecule has 0 fully saturated rings. The van der Waals surface area contributed by atoms with Gasteiger partial charge in [-0.15, -0.1) is 11.3 Å². The smallest absolute Gasteiger partial charge is 0.262 e. The molecule has 30 heavy (non-hydrogen) atoms. The van der Waals surface area contributed by atoms with Crippen molar-refractivity contribution in [2.24, 2.45) is 7.05 Å². The van der Waals surface area contributed by atoms with Crippen molar-refractivity contribution in [1.29, 1.82) is 0 Å². The van der Waals surface area contributed by atoms with Crippen LogP contribution in [0, 0.1) is 0 Å². The van der Waals surface area contributed by atoms with Gasteiger partial charge in [0.25, 0.3) is 5.56 Å². The average molecular weight is 435 g/mol. The largest absolute Gasteiger partial charge is 0.493 e. The zero-order valence-corrected chi connectivity index (χ0v) is 17.9. The van der Waals surface area contributed by atoms with E-state index in [1.807, 2.05) is 48.5 Å². The quantitative estimate of drug-likeness (QED) is 0.262. The van der Waals surface area contributed by atoms with E-state index in [2.05, 4.69) is 4.98 Å². The zero-order valence-electron chi connectivity index (χ0n) is 16.3. The first-order valence-corrected chi connectivity index (χ1v) is 11.4. The molecule has 0 N–H and O–H groups in total. The van der Waals surface area contributed by atoms with Gasteiger partial charge in [0.05, 0.1) is 17.7 Å². The Kier molecular flexibility index (Phi) is 4.92. The van der Waals surface area contributed by atoms with E-state index in [0.29, 0.717) is 27.5 Å². The normalized spacial score (nSPS) is 12.7. The summed E-state index contributed by atoms with van der Waals surface area (Å²) < 4.78 is 7.03. The van der Waals surface area contributed by atoms with Gasteiger partial charge >= 0.3 is 0 Å². The van der Waals surface area contributed by atoms with E-state index >= 15 is 0 Å². The van der Waals surface area contributed by atoms with Crippen LogP contribution in [0.4, 0.5) is 0 Å². The molecule has 5 rings (SSSR count). The molecule has 1 aliphatic rings. The number of aromatic nitrogens is 2. The summed E-state index contributed by atoms with van der Waals surface area (Å²) in [5.41, 5.74) is 2.71. The lowest BCUT2D eigenvalue weighted by Gasteiger charge is -2.07. The summed E-state index contributed by atoms with van der Waals surface area (Å²) >= 11 is 2.79. The minimum absolute atomic E-state index is 0.0141. The van der Waals surface area contributed by atoms with Gasteiger partial charge in [0.15, 0.2) is 10.9 Å². The number of hydrogen-bond donors (Lipinski definition) is 0. The lowest BCUT2D eigenvalue weighted by atomic mass is 10.1. The van der Waals surface area contributed by atoms with E-state index in [-0.39, 0.29) is 17.1 Å². The molecule has 1 aliphatic heterocycles. The number of thiophene rings is 1. The number of thioether (sulfide) groups is 1. The molecule has 3 heterocycles. The highest BCUT2D eigenvalue weighted by Gasteiger charge is 2.17. The Morgan fingerprint density at radius 3 is 2.87 bits per heavy atom. The third-order valence-corrected chi connectivity index (χ3v) is 7.24. The molecule has 2 aromatic carbocycles. The maximum absolute atomic E-state index is 12.9. The maximum Gasteiger partial charge on any atom is 0.262 e. The number of rotatable bonds is 5. The summed E-state index contributed by atoms with van der Waals surface area (Å²) in [6, 6.07) is 17.4. The Morgan fingerprint density at radius 1 is 1.20 bits per heavy atom. The van der Waals surface area contributed by atoms with Crippen molar-refractivity contribution in [3.8, 4) is 16.2 Å². The van der Waals surface area contributed by atoms with E-state index < -0.39 is 0 Å². The Labute approximate surface area is 181 Å². The molecule has 0 spiro atoms. The lowest BCUT2D eigenvalue weighted by molar-refractivity contribution is 0.102. The Hall–Kier alpha value is -2.90. The second-order valence-electron chi connectivity index (χ2n) is 7.09. The first-order valence-electron chi connectivity index (χ1n) is 9.58. The summed E-state index contributed by atoms with van der Waals surface area (Å²) in [7, 11) is 1.70. The number of carbonyl (C=O) groups excluding carboxylic acids is 1. The minimum atomic E-state index is -0.0944. The minimum Gasteiger partial charge on any atom is -0.493 e. The van der Waals surface area contributed by atoms with Gasteiger partial charge in [-0.1, -0.05) is 42.1 Å². The van der Waals surface area contributed by atoms with E-state index in [1.54, 1.807) is 13.1 Å². The molecule has 150 valence electrons. The Balaban J connectivity index is 1.41. The van der Waals surface area contributed by atoms with Crippen LogP contribution in [-0.2, 0) is 13.5 Å². The first kappa shape index (κ1) is 19.1. The third-order valence-electron chi connectivity index (χ3n) is 5.13. The summed E-state index contributed by atoms with van der Waals surface area (Å²) in [6.45, 7) is 0.666. The first-order chi connectivity index (χ1) is 14.6. The van der Waals surface area contributed by atoms with Crippen molar-refractivity contribution in [2.75, 3.05) is 12.4 Å². The van der Waals surface area contributed by atoms with E-state index in [4.69, 9.17) is 4.74 Å². The molecule has 0 saturated heterocycles. The topological polar surface area (TPSA) is 61.2 Å². The fourth-order valence-corrected chi connectivity index (χ4v) is 5.44. The van der Waals surface area contributed by atoms with E-state index in [9.17, 15) is 9.59 Å². The van der Waals surface area contributed by atoms with Crippen LogP contribution in [-0.4, -0.2) is 27.7 Å². The van der Waals surface area contributed by atoms with Gasteiger partial charge in [0.2, 0.25) is 0 Å². The zero-order chi connectivity index (χ0) is 20.7. The molecule has 0 saturated carbocycles. The highest BCUT2D eigenvalue weighted by Crippen LogP contribution is 2.32. The van der Waals surface area contributed by atoms with Gasteiger partial charge in [0.1, 0.15) is 10.6 Å². The van der Waals surface area contributed by atoms with E-state index in [1.165, 1.54) is 27.7 Å². The van der Waals surface area contributed by atoms with E-state index in [0.717, 1.165) is 28.2 Å². The van der Waals surface area contributed by atoms with Gasteiger partial charge in [-0.3, -0.25) is 14.2 Å². The summed E-state index contributed by atoms with van der Waals surface area (Å²) in [6.07, 6.45) is 0.832. The molecule has 0 bridgehead atoms. The van der Waals surface area contributed by atoms with Crippen molar-refractivity contribution in [1.82, 2.24) is 9.55 Å². The van der Waals surface area contributed by atoms with Crippen LogP contribution in [0.25, 0.3) is 20.7 Å². The monoisotopic (exact) mass is 434 g/mol. The fraction of sp³-hybridized carbons (Fsp3) is 0.174. The second kappa shape index (κ2) is 7.74. The summed E-state index contributed by atoms with van der Waals surface area (Å²) in [5.74, 6) is 1.10. The predicted octanol–water partition coefficient (Wildman–Crippen LogP) is 4.57. The number of nitrogens with zero attached hydrogens (tertiary/aromatic N) is 2. The SMILES string of the molecule is Cn1c(SCC(=O)c2ccc3c(c2)CCO3)nc2sc(-c3ccccc3)cc2c1=O. The van der Waals surface area contributed by atoms with Crippen LogP contribution in [0.5, 0.6) is 5.75 Å². The van der Waals surface area contributed by atoms with Crippen molar-refractivity contribution in [3.63, 3.8) is 0 Å². The number of ether oxygens (including phenoxy) is 1. The van der Waals surface area contributed by atoms with Crippen molar-refractivity contribution in [2.45, 2.75) is 11.6 Å². The van der Waals surface area contributed by atoms with Crippen LogP contribution in [0.15, 0.2) is 64.5 Å². The molecular formula is C23H18N2O3S2. The third kappa shape index (κ3) is 3.44. The number of Topliss-reactive ketones (excluding diaryl/α,β-unsaturated/α-hetero) is 1. The number of benzene rings is 2. The molecule has 0 radical (unpaired) electrons. The molecule has 0 aliphatic carbocycles. The van der Waals surface area contributed by atoms with Gasteiger partial charge in [0, 0.05) is 23.9 Å². The molecular weight excluding hydrogens is 416 g/mol. The summed E-state index contributed by atoms with van der Waals surface area (Å²) in [5, 5.41) is 1.16.